The maximum atomic E-state index is 12.7. The second kappa shape index (κ2) is 8.78. The average Bonchev–Trinajstić information content (AvgIpc) is 2.75. The van der Waals surface area contributed by atoms with Crippen LogP contribution in [-0.2, 0) is 7.05 Å². The Morgan fingerprint density at radius 3 is 2.55 bits per heavy atom. The van der Waals surface area contributed by atoms with E-state index in [0.29, 0.717) is 11.2 Å². The fourth-order valence-electron chi connectivity index (χ4n) is 4.00. The Labute approximate surface area is 171 Å². The van der Waals surface area contributed by atoms with Crippen molar-refractivity contribution in [2.75, 3.05) is 26.2 Å². The Morgan fingerprint density at radius 2 is 1.79 bits per heavy atom. The first-order valence-corrected chi connectivity index (χ1v) is 10.5. The lowest BCUT2D eigenvalue weighted by Gasteiger charge is -2.26. The highest BCUT2D eigenvalue weighted by Crippen LogP contribution is 2.22. The summed E-state index contributed by atoms with van der Waals surface area (Å²) in [5, 5.41) is 0.649. The smallest absolute Gasteiger partial charge is 0.261 e. The minimum Gasteiger partial charge on any atom is -0.494 e. The van der Waals surface area contributed by atoms with Crippen LogP contribution in [0, 0.1) is 6.92 Å². The van der Waals surface area contributed by atoms with Gasteiger partial charge in [0.1, 0.15) is 11.6 Å². The van der Waals surface area contributed by atoms with Crippen LogP contribution >= 0.6 is 0 Å². The molecule has 0 unspecified atom stereocenters. The highest BCUT2D eigenvalue weighted by atomic mass is 16.5. The van der Waals surface area contributed by atoms with Crippen LogP contribution in [0.3, 0.4) is 0 Å². The van der Waals surface area contributed by atoms with E-state index >= 15 is 0 Å². The lowest BCUT2D eigenvalue weighted by atomic mass is 10.1. The summed E-state index contributed by atoms with van der Waals surface area (Å²) in [7, 11) is 1.77. The monoisotopic (exact) mass is 391 g/mol. The van der Waals surface area contributed by atoms with Gasteiger partial charge in [0.2, 0.25) is 0 Å². The Kier molecular flexibility index (Phi) is 5.95. The minimum atomic E-state index is -0.0250. The molecule has 152 valence electrons. The first-order valence-electron chi connectivity index (χ1n) is 10.5. The quantitative estimate of drug-likeness (QED) is 0.592. The zero-order valence-corrected chi connectivity index (χ0v) is 17.4. The molecular formula is C24H29N3O2. The normalized spacial score (nSPS) is 15.0. The molecule has 5 heteroatoms. The summed E-state index contributed by atoms with van der Waals surface area (Å²) in [6.07, 6.45) is 5.07. The van der Waals surface area contributed by atoms with Crippen molar-refractivity contribution in [1.29, 1.82) is 0 Å². The summed E-state index contributed by atoms with van der Waals surface area (Å²) in [6.45, 7) is 6.30. The van der Waals surface area contributed by atoms with Gasteiger partial charge >= 0.3 is 0 Å². The van der Waals surface area contributed by atoms with Crippen molar-refractivity contribution in [2.24, 2.45) is 7.05 Å². The molecule has 1 fully saturated rings. The summed E-state index contributed by atoms with van der Waals surface area (Å²) in [5.74, 6) is 1.53. The third kappa shape index (κ3) is 4.51. The van der Waals surface area contributed by atoms with E-state index in [9.17, 15) is 4.79 Å². The van der Waals surface area contributed by atoms with E-state index in [1.54, 1.807) is 11.6 Å². The fraction of sp³-hybridized carbons (Fsp3) is 0.417. The maximum Gasteiger partial charge on any atom is 0.261 e. The molecule has 5 nitrogen and oxygen atoms in total. The van der Waals surface area contributed by atoms with Gasteiger partial charge in [0.15, 0.2) is 0 Å². The van der Waals surface area contributed by atoms with Crippen molar-refractivity contribution >= 4 is 10.9 Å². The summed E-state index contributed by atoms with van der Waals surface area (Å²) >= 11 is 0. The minimum absolute atomic E-state index is 0.0250. The fourth-order valence-corrected chi connectivity index (χ4v) is 4.00. The van der Waals surface area contributed by atoms with Gasteiger partial charge in [-0.25, -0.2) is 4.98 Å². The van der Waals surface area contributed by atoms with Gasteiger partial charge < -0.3 is 9.64 Å². The lowest BCUT2D eigenvalue weighted by Crippen LogP contribution is -2.31. The maximum absolute atomic E-state index is 12.7. The van der Waals surface area contributed by atoms with Crippen LogP contribution < -0.4 is 10.3 Å². The number of nitrogens with zero attached hydrogens (tertiary/aromatic N) is 3. The second-order valence-corrected chi connectivity index (χ2v) is 7.95. The molecule has 0 atom stereocenters. The van der Waals surface area contributed by atoms with Crippen LogP contribution in [0.2, 0.25) is 0 Å². The van der Waals surface area contributed by atoms with Crippen molar-refractivity contribution in [3.05, 3.63) is 58.4 Å². The topological polar surface area (TPSA) is 47.4 Å². The van der Waals surface area contributed by atoms with Crippen molar-refractivity contribution < 1.29 is 4.74 Å². The number of aromatic nitrogens is 2. The number of aryl methyl sites for hydroxylation is 1. The summed E-state index contributed by atoms with van der Waals surface area (Å²) in [4.78, 5) is 20.0. The molecular weight excluding hydrogens is 362 g/mol. The van der Waals surface area contributed by atoms with Crippen LogP contribution in [0.5, 0.6) is 5.75 Å². The second-order valence-electron chi connectivity index (χ2n) is 7.95. The number of benzene rings is 2. The van der Waals surface area contributed by atoms with E-state index in [0.717, 1.165) is 42.0 Å². The Morgan fingerprint density at radius 1 is 1.03 bits per heavy atom. The summed E-state index contributed by atoms with van der Waals surface area (Å²) in [6, 6.07) is 13.6. The molecule has 1 aromatic heterocycles. The molecule has 0 saturated carbocycles. The predicted octanol–water partition coefficient (Wildman–Crippen LogP) is 4.16. The molecule has 0 spiro atoms. The number of piperidine rings is 1. The Hall–Kier alpha value is -2.66. The third-order valence-corrected chi connectivity index (χ3v) is 5.68. The Balaban J connectivity index is 1.43. The number of hydrogen-bond acceptors (Lipinski definition) is 4. The zero-order chi connectivity index (χ0) is 20.2. The van der Waals surface area contributed by atoms with Crippen LogP contribution in [0.25, 0.3) is 22.3 Å². The largest absolute Gasteiger partial charge is 0.494 e. The van der Waals surface area contributed by atoms with E-state index in [1.807, 2.05) is 49.4 Å². The number of hydrogen-bond donors (Lipinski definition) is 0. The van der Waals surface area contributed by atoms with Crippen LogP contribution in [0.1, 0.15) is 31.2 Å². The van der Waals surface area contributed by atoms with Crippen LogP contribution in [0.4, 0.5) is 0 Å². The molecule has 1 aliphatic rings. The molecule has 2 heterocycles. The van der Waals surface area contributed by atoms with Gasteiger partial charge in [0.25, 0.3) is 5.56 Å². The van der Waals surface area contributed by atoms with Crippen LogP contribution in [0.15, 0.2) is 47.3 Å². The first kappa shape index (κ1) is 19.6. The van der Waals surface area contributed by atoms with Gasteiger partial charge in [-0.1, -0.05) is 12.5 Å². The van der Waals surface area contributed by atoms with E-state index in [2.05, 4.69) is 4.90 Å². The molecule has 0 amide bonds. The first-order chi connectivity index (χ1) is 14.1. The van der Waals surface area contributed by atoms with Gasteiger partial charge in [-0.3, -0.25) is 9.36 Å². The summed E-state index contributed by atoms with van der Waals surface area (Å²) in [5.41, 5.74) is 2.72. The average molecular weight is 392 g/mol. The molecule has 0 aliphatic carbocycles. The predicted molar refractivity (Wildman–Crippen MR) is 118 cm³/mol. The van der Waals surface area contributed by atoms with Gasteiger partial charge in [-0.2, -0.15) is 0 Å². The van der Waals surface area contributed by atoms with Crippen molar-refractivity contribution in [3.63, 3.8) is 0 Å². The summed E-state index contributed by atoms with van der Waals surface area (Å²) < 4.78 is 7.53. The molecule has 29 heavy (non-hydrogen) atoms. The molecule has 4 rings (SSSR count). The van der Waals surface area contributed by atoms with E-state index in [4.69, 9.17) is 9.72 Å². The number of likely N-dealkylation sites (tertiary alicyclic amines) is 1. The molecule has 3 aromatic rings. The standard InChI is InChI=1S/C24H29N3O2/c1-18-7-12-21-22(17-18)25-23(26(2)24(21)28)19-8-10-20(11-9-19)29-16-6-15-27-13-4-3-5-14-27/h7-12,17H,3-6,13-16H2,1-2H3. The number of rotatable bonds is 6. The molecule has 0 bridgehead atoms. The van der Waals surface area contributed by atoms with E-state index < -0.39 is 0 Å². The van der Waals surface area contributed by atoms with Crippen LogP contribution in [-0.4, -0.2) is 40.7 Å². The molecule has 0 N–H and O–H groups in total. The van der Waals surface area contributed by atoms with Gasteiger partial charge in [0.05, 0.1) is 17.5 Å². The van der Waals surface area contributed by atoms with E-state index in [1.165, 1.54) is 32.4 Å². The van der Waals surface area contributed by atoms with Gasteiger partial charge in [-0.05, 0) is 81.2 Å². The SMILES string of the molecule is Cc1ccc2c(=O)n(C)c(-c3ccc(OCCCN4CCCCC4)cc3)nc2c1. The molecule has 0 radical (unpaired) electrons. The Bertz CT molecular complexity index is 1030. The highest BCUT2D eigenvalue weighted by molar-refractivity contribution is 5.80. The van der Waals surface area contributed by atoms with E-state index in [-0.39, 0.29) is 5.56 Å². The highest BCUT2D eigenvalue weighted by Gasteiger charge is 2.11. The number of ether oxygens (including phenoxy) is 1. The van der Waals surface area contributed by atoms with Crippen molar-refractivity contribution in [3.8, 4) is 17.1 Å². The number of fused-ring (bicyclic) bond motifs is 1. The zero-order valence-electron chi connectivity index (χ0n) is 17.4. The molecule has 1 aliphatic heterocycles. The molecule has 2 aromatic carbocycles. The third-order valence-electron chi connectivity index (χ3n) is 5.68. The van der Waals surface area contributed by atoms with Crippen molar-refractivity contribution in [1.82, 2.24) is 14.5 Å². The van der Waals surface area contributed by atoms with Gasteiger partial charge in [-0.15, -0.1) is 0 Å². The van der Waals surface area contributed by atoms with Crippen molar-refractivity contribution in [2.45, 2.75) is 32.6 Å². The lowest BCUT2D eigenvalue weighted by molar-refractivity contribution is 0.205. The molecule has 1 saturated heterocycles. The van der Waals surface area contributed by atoms with Gasteiger partial charge in [0, 0.05) is 19.2 Å².